The molecule has 5 nitrogen and oxygen atoms in total. The maximum atomic E-state index is 15.2. The first-order chi connectivity index (χ1) is 12.0. The van der Waals surface area contributed by atoms with Gasteiger partial charge in [0.2, 0.25) is 5.82 Å². The Morgan fingerprint density at radius 3 is 2.72 bits per heavy atom. The quantitative estimate of drug-likeness (QED) is 0.919. The SMILES string of the molecule is CNc1cn2cc(C34COC(C)(C3)C4)nc2c(F)c1OC1CCCC1. The number of rotatable bonds is 4. The van der Waals surface area contributed by atoms with Gasteiger partial charge >= 0.3 is 0 Å². The predicted octanol–water partition coefficient (Wildman–Crippen LogP) is 3.66. The van der Waals surface area contributed by atoms with Crippen molar-refractivity contribution in [2.45, 2.75) is 62.6 Å². The van der Waals surface area contributed by atoms with Crippen LogP contribution in [0.3, 0.4) is 0 Å². The predicted molar refractivity (Wildman–Crippen MR) is 92.8 cm³/mol. The summed E-state index contributed by atoms with van der Waals surface area (Å²) < 4.78 is 28.9. The Labute approximate surface area is 146 Å². The van der Waals surface area contributed by atoms with Gasteiger partial charge in [-0.15, -0.1) is 0 Å². The van der Waals surface area contributed by atoms with Crippen molar-refractivity contribution < 1.29 is 13.9 Å². The van der Waals surface area contributed by atoms with Crippen LogP contribution in [0.5, 0.6) is 5.75 Å². The van der Waals surface area contributed by atoms with E-state index in [0.717, 1.165) is 44.2 Å². The average molecular weight is 345 g/mol. The van der Waals surface area contributed by atoms with Crippen LogP contribution < -0.4 is 10.1 Å². The highest BCUT2D eigenvalue weighted by Crippen LogP contribution is 2.58. The summed E-state index contributed by atoms with van der Waals surface area (Å²) in [6.07, 6.45) is 10.2. The van der Waals surface area contributed by atoms with Crippen LogP contribution in [-0.2, 0) is 10.2 Å². The first kappa shape index (κ1) is 15.4. The minimum atomic E-state index is -0.373. The number of fused-ring (bicyclic) bond motifs is 2. The Morgan fingerprint density at radius 1 is 1.32 bits per heavy atom. The van der Waals surface area contributed by atoms with E-state index >= 15 is 4.39 Å². The minimum Gasteiger partial charge on any atom is -0.485 e. The molecule has 6 rings (SSSR count). The van der Waals surface area contributed by atoms with Crippen molar-refractivity contribution in [1.29, 1.82) is 0 Å². The van der Waals surface area contributed by atoms with E-state index in [2.05, 4.69) is 17.2 Å². The van der Waals surface area contributed by atoms with Gasteiger partial charge in [-0.25, -0.2) is 4.98 Å². The molecule has 0 amide bonds. The summed E-state index contributed by atoms with van der Waals surface area (Å²) in [7, 11) is 1.79. The van der Waals surface area contributed by atoms with Crippen molar-refractivity contribution >= 4 is 11.3 Å². The van der Waals surface area contributed by atoms with Gasteiger partial charge in [-0.1, -0.05) is 0 Å². The molecule has 0 unspecified atom stereocenters. The average Bonchev–Trinajstić information content (AvgIpc) is 3.31. The molecular formula is C19H24FN3O2. The molecule has 4 heterocycles. The highest BCUT2D eigenvalue weighted by molar-refractivity contribution is 5.63. The normalized spacial score (nSPS) is 31.5. The van der Waals surface area contributed by atoms with Crippen molar-refractivity contribution in [2.75, 3.05) is 19.0 Å². The standard InChI is InChI=1S/C19H24FN3O2/c1-18-9-19(10-18,11-24-18)14-8-23-7-13(21-2)16(15(20)17(23)22-14)25-12-5-3-4-6-12/h7-8,12,21H,3-6,9-11H2,1-2H3. The number of hydrogen-bond acceptors (Lipinski definition) is 4. The molecule has 0 aromatic carbocycles. The molecule has 2 saturated heterocycles. The van der Waals surface area contributed by atoms with Gasteiger partial charge in [0.15, 0.2) is 11.4 Å². The molecule has 2 aliphatic carbocycles. The molecule has 134 valence electrons. The van der Waals surface area contributed by atoms with Crippen molar-refractivity contribution in [1.82, 2.24) is 9.38 Å². The van der Waals surface area contributed by atoms with Gasteiger partial charge in [-0.3, -0.25) is 0 Å². The number of ether oxygens (including phenoxy) is 2. The second-order valence-electron chi connectivity index (χ2n) is 8.19. The van der Waals surface area contributed by atoms with Gasteiger partial charge in [-0.05, 0) is 45.4 Å². The monoisotopic (exact) mass is 345 g/mol. The number of nitrogens with zero attached hydrogens (tertiary/aromatic N) is 2. The lowest BCUT2D eigenvalue weighted by Gasteiger charge is -2.41. The fraction of sp³-hybridized carbons (Fsp3) is 0.632. The third kappa shape index (κ3) is 2.19. The second kappa shape index (κ2) is 5.10. The summed E-state index contributed by atoms with van der Waals surface area (Å²) in [4.78, 5) is 4.65. The lowest BCUT2D eigenvalue weighted by molar-refractivity contribution is 0.0154. The van der Waals surface area contributed by atoms with Crippen LogP contribution in [0, 0.1) is 5.82 Å². The zero-order valence-corrected chi connectivity index (χ0v) is 14.8. The summed E-state index contributed by atoms with van der Waals surface area (Å²) >= 11 is 0. The van der Waals surface area contributed by atoms with E-state index in [1.165, 1.54) is 0 Å². The molecule has 4 aliphatic rings. The first-order valence-corrected chi connectivity index (χ1v) is 9.22. The number of imidazole rings is 1. The molecule has 0 radical (unpaired) electrons. The maximum absolute atomic E-state index is 15.2. The van der Waals surface area contributed by atoms with E-state index in [9.17, 15) is 0 Å². The number of hydrogen-bond donors (Lipinski definition) is 1. The number of pyridine rings is 1. The number of aromatic nitrogens is 2. The van der Waals surface area contributed by atoms with E-state index < -0.39 is 0 Å². The molecule has 0 atom stereocenters. The highest BCUT2D eigenvalue weighted by Gasteiger charge is 2.61. The van der Waals surface area contributed by atoms with Gasteiger partial charge in [0, 0.05) is 24.9 Å². The summed E-state index contributed by atoms with van der Waals surface area (Å²) in [6, 6.07) is 0. The van der Waals surface area contributed by atoms with E-state index in [1.54, 1.807) is 11.4 Å². The van der Waals surface area contributed by atoms with Crippen LogP contribution in [0.2, 0.25) is 0 Å². The minimum absolute atomic E-state index is 0.0127. The van der Waals surface area contributed by atoms with Crippen molar-refractivity contribution in [3.05, 3.63) is 23.9 Å². The highest BCUT2D eigenvalue weighted by atomic mass is 19.1. The van der Waals surface area contributed by atoms with Gasteiger partial charge in [0.1, 0.15) is 0 Å². The molecule has 2 aromatic rings. The van der Waals surface area contributed by atoms with Crippen LogP contribution in [-0.4, -0.2) is 34.7 Å². The fourth-order valence-corrected chi connectivity index (χ4v) is 4.95. The Bertz CT molecular complexity index is 835. The van der Waals surface area contributed by atoms with Crippen molar-refractivity contribution in [3.8, 4) is 5.75 Å². The Kier molecular flexibility index (Phi) is 3.15. The zero-order chi connectivity index (χ0) is 17.2. The summed E-state index contributed by atoms with van der Waals surface area (Å²) in [6.45, 7) is 2.82. The smallest absolute Gasteiger partial charge is 0.210 e. The topological polar surface area (TPSA) is 47.8 Å². The molecule has 2 bridgehead atoms. The third-order valence-corrected chi connectivity index (χ3v) is 6.16. The molecule has 6 heteroatoms. The van der Waals surface area contributed by atoms with Crippen molar-refractivity contribution in [3.63, 3.8) is 0 Å². The van der Waals surface area contributed by atoms with E-state index in [1.807, 2.05) is 12.4 Å². The molecule has 1 N–H and O–H groups in total. The lowest BCUT2D eigenvalue weighted by atomic mass is 9.62. The third-order valence-electron chi connectivity index (χ3n) is 6.16. The Balaban J connectivity index is 1.56. The van der Waals surface area contributed by atoms with Crippen LogP contribution >= 0.6 is 0 Å². The molecular weight excluding hydrogens is 321 g/mol. The zero-order valence-electron chi connectivity index (χ0n) is 14.8. The maximum Gasteiger partial charge on any atom is 0.210 e. The fourth-order valence-electron chi connectivity index (χ4n) is 4.95. The van der Waals surface area contributed by atoms with Crippen LogP contribution in [0.4, 0.5) is 10.1 Å². The van der Waals surface area contributed by atoms with Gasteiger partial charge < -0.3 is 19.2 Å². The summed E-state index contributed by atoms with van der Waals surface area (Å²) in [5, 5.41) is 3.07. The van der Waals surface area contributed by atoms with Crippen LogP contribution in [0.25, 0.3) is 5.65 Å². The summed E-state index contributed by atoms with van der Waals surface area (Å²) in [5.74, 6) is -0.0694. The van der Waals surface area contributed by atoms with Gasteiger partial charge in [0.25, 0.3) is 0 Å². The van der Waals surface area contributed by atoms with Crippen LogP contribution in [0.1, 0.15) is 51.1 Å². The largest absolute Gasteiger partial charge is 0.485 e. The lowest BCUT2D eigenvalue weighted by Crippen LogP contribution is -2.45. The van der Waals surface area contributed by atoms with E-state index in [-0.39, 0.29) is 22.9 Å². The molecule has 25 heavy (non-hydrogen) atoms. The second-order valence-corrected chi connectivity index (χ2v) is 8.19. The molecule has 4 fully saturated rings. The van der Waals surface area contributed by atoms with Gasteiger partial charge in [0.05, 0.1) is 29.7 Å². The molecule has 2 aliphatic heterocycles. The molecule has 0 spiro atoms. The Morgan fingerprint density at radius 2 is 2.08 bits per heavy atom. The number of anilines is 1. The molecule has 2 aromatic heterocycles. The first-order valence-electron chi connectivity index (χ1n) is 9.22. The van der Waals surface area contributed by atoms with Crippen molar-refractivity contribution in [2.24, 2.45) is 0 Å². The van der Waals surface area contributed by atoms with E-state index in [4.69, 9.17) is 9.47 Å². The van der Waals surface area contributed by atoms with E-state index in [0.29, 0.717) is 23.7 Å². The summed E-state index contributed by atoms with van der Waals surface area (Å²) in [5.41, 5.74) is 1.89. The van der Waals surface area contributed by atoms with Gasteiger partial charge in [-0.2, -0.15) is 4.39 Å². The van der Waals surface area contributed by atoms with Crippen LogP contribution in [0.15, 0.2) is 12.4 Å². The molecule has 2 saturated carbocycles. The Hall–Kier alpha value is -1.82. The number of nitrogens with one attached hydrogen (secondary N) is 1. The number of halogens is 1.